The first-order chi connectivity index (χ1) is 16.0. The van der Waals surface area contributed by atoms with Gasteiger partial charge in [0.15, 0.2) is 11.5 Å². The summed E-state index contributed by atoms with van der Waals surface area (Å²) in [5, 5.41) is 9.85. The maximum atomic E-state index is 6.12. The Hall–Kier alpha value is -3.07. The van der Waals surface area contributed by atoms with Crippen molar-refractivity contribution < 1.29 is 9.47 Å². The van der Waals surface area contributed by atoms with Crippen LogP contribution in [0.1, 0.15) is 31.9 Å². The van der Waals surface area contributed by atoms with Crippen molar-refractivity contribution in [3.63, 3.8) is 0 Å². The van der Waals surface area contributed by atoms with Gasteiger partial charge in [-0.15, -0.1) is 10.2 Å². The molecular weight excluding hydrogens is 416 g/mol. The van der Waals surface area contributed by atoms with Crippen LogP contribution in [-0.2, 0) is 4.74 Å². The zero-order valence-corrected chi connectivity index (χ0v) is 19.3. The molecule has 2 N–H and O–H groups in total. The molecular formula is C25H30N6O2. The average molecular weight is 447 g/mol. The molecule has 8 nitrogen and oxygen atoms in total. The van der Waals surface area contributed by atoms with Crippen molar-refractivity contribution in [2.24, 2.45) is 5.73 Å². The van der Waals surface area contributed by atoms with Gasteiger partial charge < -0.3 is 15.2 Å². The van der Waals surface area contributed by atoms with Crippen molar-refractivity contribution in [2.45, 2.75) is 38.5 Å². The summed E-state index contributed by atoms with van der Waals surface area (Å²) in [6.45, 7) is 6.63. The molecule has 0 aliphatic carbocycles. The Morgan fingerprint density at radius 3 is 2.76 bits per heavy atom. The topological polar surface area (TPSA) is 90.8 Å². The van der Waals surface area contributed by atoms with Gasteiger partial charge in [0.2, 0.25) is 0 Å². The summed E-state index contributed by atoms with van der Waals surface area (Å²) in [5.41, 5.74) is 9.75. The predicted octanol–water partition coefficient (Wildman–Crippen LogP) is 3.45. The standard InChI is InChI=1S/C25H30N6O2/c1-16(32-3)15-33-21-7-4-18-5-8-22(27-23(18)12-21)25-29-28-24-9-6-19(13-31(24)25)17(2)30-11-10-20(26)14-30/h4-9,12-13,16-17,20H,10-11,14-15,26H2,1-3H3/t16-,17+,20+/m1/s1. The van der Waals surface area contributed by atoms with Crippen molar-refractivity contribution >= 4 is 16.6 Å². The van der Waals surface area contributed by atoms with E-state index in [0.29, 0.717) is 6.61 Å². The Morgan fingerprint density at radius 1 is 1.12 bits per heavy atom. The molecule has 1 aliphatic rings. The fraction of sp³-hybridized carbons (Fsp3) is 0.400. The van der Waals surface area contributed by atoms with Crippen molar-refractivity contribution in [3.8, 4) is 17.3 Å². The number of nitrogens with zero attached hydrogens (tertiary/aromatic N) is 5. The second-order valence-corrected chi connectivity index (χ2v) is 8.84. The van der Waals surface area contributed by atoms with Gasteiger partial charge >= 0.3 is 0 Å². The van der Waals surface area contributed by atoms with Crippen LogP contribution in [0.5, 0.6) is 5.75 Å². The number of benzene rings is 1. The van der Waals surface area contributed by atoms with E-state index in [-0.39, 0.29) is 18.2 Å². The molecule has 5 rings (SSSR count). The van der Waals surface area contributed by atoms with Crippen LogP contribution in [0.3, 0.4) is 0 Å². The molecule has 0 unspecified atom stereocenters. The fourth-order valence-electron chi connectivity index (χ4n) is 4.30. The molecule has 0 bridgehead atoms. The van der Waals surface area contributed by atoms with Crippen LogP contribution < -0.4 is 10.5 Å². The van der Waals surface area contributed by atoms with Crippen molar-refractivity contribution in [3.05, 3.63) is 54.2 Å². The molecule has 33 heavy (non-hydrogen) atoms. The molecule has 0 amide bonds. The summed E-state index contributed by atoms with van der Waals surface area (Å²) in [5.74, 6) is 1.49. The van der Waals surface area contributed by atoms with Gasteiger partial charge in [-0.05, 0) is 50.1 Å². The van der Waals surface area contributed by atoms with Gasteiger partial charge in [-0.3, -0.25) is 9.30 Å². The van der Waals surface area contributed by atoms with Gasteiger partial charge in [0.25, 0.3) is 0 Å². The monoisotopic (exact) mass is 446 g/mol. The van der Waals surface area contributed by atoms with Crippen LogP contribution in [-0.4, -0.2) is 63.4 Å². The van der Waals surface area contributed by atoms with Gasteiger partial charge in [-0.2, -0.15) is 0 Å². The summed E-state index contributed by atoms with van der Waals surface area (Å²) in [7, 11) is 1.68. The maximum absolute atomic E-state index is 6.12. The van der Waals surface area contributed by atoms with Crippen molar-refractivity contribution in [1.82, 2.24) is 24.5 Å². The minimum absolute atomic E-state index is 0.0234. The lowest BCUT2D eigenvalue weighted by atomic mass is 10.1. The Labute approximate surface area is 193 Å². The highest BCUT2D eigenvalue weighted by Crippen LogP contribution is 2.27. The second kappa shape index (κ2) is 9.05. The van der Waals surface area contributed by atoms with Crippen molar-refractivity contribution in [1.29, 1.82) is 0 Å². The predicted molar refractivity (Wildman–Crippen MR) is 128 cm³/mol. The molecule has 4 aromatic rings. The Bertz CT molecular complexity index is 1270. The number of nitrogens with two attached hydrogens (primary N) is 1. The minimum atomic E-state index is 0.0234. The zero-order valence-electron chi connectivity index (χ0n) is 19.3. The highest BCUT2D eigenvalue weighted by Gasteiger charge is 2.25. The number of ether oxygens (including phenoxy) is 2. The van der Waals surface area contributed by atoms with Crippen LogP contribution in [0, 0.1) is 0 Å². The van der Waals surface area contributed by atoms with Crippen molar-refractivity contribution in [2.75, 3.05) is 26.8 Å². The van der Waals surface area contributed by atoms with Crippen LogP contribution in [0.4, 0.5) is 0 Å². The Morgan fingerprint density at radius 2 is 1.97 bits per heavy atom. The molecule has 1 saturated heterocycles. The van der Waals surface area contributed by atoms with E-state index in [1.54, 1.807) is 7.11 Å². The molecule has 172 valence electrons. The van der Waals surface area contributed by atoms with Crippen LogP contribution in [0.2, 0.25) is 0 Å². The second-order valence-electron chi connectivity index (χ2n) is 8.84. The number of rotatable bonds is 7. The first kappa shape index (κ1) is 21.8. The summed E-state index contributed by atoms with van der Waals surface area (Å²) >= 11 is 0. The Kier molecular flexibility index (Phi) is 5.97. The highest BCUT2D eigenvalue weighted by atomic mass is 16.5. The first-order valence-electron chi connectivity index (χ1n) is 11.4. The van der Waals surface area contributed by atoms with Gasteiger partial charge in [0, 0.05) is 49.9 Å². The number of hydrogen-bond donors (Lipinski definition) is 1. The molecule has 4 heterocycles. The minimum Gasteiger partial charge on any atom is -0.491 e. The third-order valence-electron chi connectivity index (χ3n) is 6.49. The number of pyridine rings is 2. The van der Waals surface area contributed by atoms with Crippen LogP contribution in [0.25, 0.3) is 28.1 Å². The highest BCUT2D eigenvalue weighted by molar-refractivity contribution is 5.82. The molecule has 1 aliphatic heterocycles. The molecule has 1 aromatic carbocycles. The number of fused-ring (bicyclic) bond motifs is 2. The van der Waals surface area contributed by atoms with E-state index in [4.69, 9.17) is 20.2 Å². The number of hydrogen-bond acceptors (Lipinski definition) is 7. The normalized spacial score (nSPS) is 18.7. The van der Waals surface area contributed by atoms with E-state index in [2.05, 4.69) is 40.4 Å². The molecule has 3 aromatic heterocycles. The van der Waals surface area contributed by atoms with Gasteiger partial charge in [0.05, 0.1) is 11.6 Å². The summed E-state index contributed by atoms with van der Waals surface area (Å²) < 4.78 is 13.1. The van der Waals surface area contributed by atoms with E-state index >= 15 is 0 Å². The maximum Gasteiger partial charge on any atom is 0.187 e. The SMILES string of the molecule is CO[C@H](C)COc1ccc2ccc(-c3nnc4ccc([C@H](C)N5CC[C@H](N)C5)cn34)nc2c1. The van der Waals surface area contributed by atoms with Crippen LogP contribution >= 0.6 is 0 Å². The number of methoxy groups -OCH3 is 1. The molecule has 8 heteroatoms. The quantitative estimate of drug-likeness (QED) is 0.465. The van der Waals surface area contributed by atoms with E-state index in [1.165, 1.54) is 5.56 Å². The zero-order chi connectivity index (χ0) is 22.9. The smallest absolute Gasteiger partial charge is 0.187 e. The third-order valence-corrected chi connectivity index (χ3v) is 6.49. The van der Waals surface area contributed by atoms with Gasteiger partial charge in [-0.25, -0.2) is 4.98 Å². The summed E-state index contributed by atoms with van der Waals surface area (Å²) in [6, 6.07) is 14.6. The molecule has 3 atom stereocenters. The number of likely N-dealkylation sites (tertiary alicyclic amines) is 1. The molecule has 0 saturated carbocycles. The van der Waals surface area contributed by atoms with E-state index in [1.807, 2.05) is 41.7 Å². The van der Waals surface area contributed by atoms with Gasteiger partial charge in [-0.1, -0.05) is 12.1 Å². The molecule has 1 fully saturated rings. The lowest BCUT2D eigenvalue weighted by Crippen LogP contribution is -2.28. The van der Waals surface area contributed by atoms with E-state index in [9.17, 15) is 0 Å². The largest absolute Gasteiger partial charge is 0.491 e. The fourth-order valence-corrected chi connectivity index (χ4v) is 4.30. The summed E-state index contributed by atoms with van der Waals surface area (Å²) in [4.78, 5) is 7.30. The van der Waals surface area contributed by atoms with E-state index in [0.717, 1.165) is 53.3 Å². The molecule has 0 radical (unpaired) electrons. The van der Waals surface area contributed by atoms with E-state index < -0.39 is 0 Å². The summed E-state index contributed by atoms with van der Waals surface area (Å²) in [6.07, 6.45) is 3.19. The van der Waals surface area contributed by atoms with Crippen LogP contribution in [0.15, 0.2) is 48.7 Å². The number of aromatic nitrogens is 4. The molecule has 0 spiro atoms. The Balaban J connectivity index is 1.46. The lowest BCUT2D eigenvalue weighted by Gasteiger charge is -2.24. The average Bonchev–Trinajstić information content (AvgIpc) is 3.47. The third kappa shape index (κ3) is 4.42. The first-order valence-corrected chi connectivity index (χ1v) is 11.4. The van der Waals surface area contributed by atoms with Gasteiger partial charge in [0.1, 0.15) is 18.1 Å². The lowest BCUT2D eigenvalue weighted by molar-refractivity contribution is 0.0717.